The lowest BCUT2D eigenvalue weighted by molar-refractivity contribution is 0.281. The fraction of sp³-hybridized carbons (Fsp3) is 0.100. The molecule has 2 aromatic rings. The van der Waals surface area contributed by atoms with Crippen LogP contribution in [0.3, 0.4) is 0 Å². The van der Waals surface area contributed by atoms with E-state index in [-0.39, 0.29) is 12.4 Å². The van der Waals surface area contributed by atoms with Crippen molar-refractivity contribution in [1.29, 1.82) is 0 Å². The van der Waals surface area contributed by atoms with E-state index in [1.165, 1.54) is 12.3 Å². The van der Waals surface area contributed by atoms with Crippen molar-refractivity contribution in [2.45, 2.75) is 6.61 Å². The van der Waals surface area contributed by atoms with Crippen molar-refractivity contribution in [3.05, 3.63) is 40.2 Å². The molecule has 1 heterocycles. The van der Waals surface area contributed by atoms with Crippen LogP contribution in [-0.4, -0.2) is 10.1 Å². The minimum Gasteiger partial charge on any atom is -0.392 e. The third-order valence-corrected chi connectivity index (χ3v) is 2.40. The van der Waals surface area contributed by atoms with Gasteiger partial charge in [0.05, 0.1) is 6.61 Å². The van der Waals surface area contributed by atoms with Gasteiger partial charge in [-0.1, -0.05) is 15.9 Å². The molecule has 0 aliphatic heterocycles. The summed E-state index contributed by atoms with van der Waals surface area (Å²) in [5.74, 6) is -0.362. The molecule has 0 aliphatic carbocycles. The number of aliphatic hydroxyl groups excluding tert-OH is 1. The van der Waals surface area contributed by atoms with E-state index in [1.54, 1.807) is 12.1 Å². The Morgan fingerprint density at radius 2 is 2.14 bits per heavy atom. The molecule has 0 aliphatic rings. The van der Waals surface area contributed by atoms with Crippen LogP contribution in [0.4, 0.5) is 4.39 Å². The number of rotatable bonds is 1. The van der Waals surface area contributed by atoms with Crippen molar-refractivity contribution in [2.24, 2.45) is 0 Å². The maximum atomic E-state index is 13.3. The second-order valence-corrected chi connectivity index (χ2v) is 3.88. The molecule has 2 nitrogen and oxygen atoms in total. The van der Waals surface area contributed by atoms with E-state index >= 15 is 0 Å². The zero-order valence-corrected chi connectivity index (χ0v) is 8.75. The highest BCUT2D eigenvalue weighted by Crippen LogP contribution is 2.22. The summed E-state index contributed by atoms with van der Waals surface area (Å²) >= 11 is 3.20. The first kappa shape index (κ1) is 9.55. The van der Waals surface area contributed by atoms with E-state index in [2.05, 4.69) is 20.9 Å². The Kier molecular flexibility index (Phi) is 2.48. The second-order valence-electron chi connectivity index (χ2n) is 2.96. The molecule has 1 N–H and O–H groups in total. The minimum absolute atomic E-state index is 0.0862. The number of pyridine rings is 1. The Hall–Kier alpha value is -1.00. The fourth-order valence-corrected chi connectivity index (χ4v) is 1.75. The third kappa shape index (κ3) is 1.63. The van der Waals surface area contributed by atoms with Crippen LogP contribution in [0, 0.1) is 5.82 Å². The molecule has 1 aromatic heterocycles. The zero-order chi connectivity index (χ0) is 10.1. The number of halogens is 2. The first-order chi connectivity index (χ1) is 6.70. The molecule has 0 atom stereocenters. The number of benzene rings is 1. The van der Waals surface area contributed by atoms with Crippen LogP contribution in [0.2, 0.25) is 0 Å². The summed E-state index contributed by atoms with van der Waals surface area (Å²) in [6.45, 7) is -0.0862. The Balaban J connectivity index is 2.75. The molecule has 0 spiro atoms. The van der Waals surface area contributed by atoms with Crippen LogP contribution in [-0.2, 0) is 6.61 Å². The third-order valence-electron chi connectivity index (χ3n) is 1.94. The molecular formula is C10H7BrFNO. The Morgan fingerprint density at radius 3 is 2.86 bits per heavy atom. The molecule has 0 radical (unpaired) electrons. The standard InChI is InChI=1S/C10H7BrFNO/c11-8-2-7-1-6(5-14)4-13-10(7)9(12)3-8/h1-4,14H,5H2. The summed E-state index contributed by atoms with van der Waals surface area (Å²) in [5.41, 5.74) is 1.00. The minimum atomic E-state index is -0.362. The SMILES string of the molecule is OCc1cnc2c(F)cc(Br)cc2c1. The lowest BCUT2D eigenvalue weighted by Gasteiger charge is -2.01. The molecule has 0 fully saturated rings. The average Bonchev–Trinajstić information content (AvgIpc) is 2.16. The molecule has 1 aromatic carbocycles. The van der Waals surface area contributed by atoms with Gasteiger partial charge >= 0.3 is 0 Å². The highest BCUT2D eigenvalue weighted by Gasteiger charge is 2.04. The molecule has 2 rings (SSSR count). The summed E-state index contributed by atoms with van der Waals surface area (Å²) < 4.78 is 14.0. The number of hydrogen-bond donors (Lipinski definition) is 1. The van der Waals surface area contributed by atoms with Crippen molar-refractivity contribution in [3.63, 3.8) is 0 Å². The quantitative estimate of drug-likeness (QED) is 0.850. The van der Waals surface area contributed by atoms with E-state index in [9.17, 15) is 4.39 Å². The first-order valence-corrected chi connectivity index (χ1v) is 4.84. The molecule has 14 heavy (non-hydrogen) atoms. The summed E-state index contributed by atoms with van der Waals surface area (Å²) in [5, 5.41) is 9.57. The number of aromatic nitrogens is 1. The van der Waals surface area contributed by atoms with Gasteiger partial charge in [0.1, 0.15) is 5.52 Å². The summed E-state index contributed by atoms with van der Waals surface area (Å²) in [4.78, 5) is 3.94. The van der Waals surface area contributed by atoms with Gasteiger partial charge < -0.3 is 5.11 Å². The van der Waals surface area contributed by atoms with Gasteiger partial charge in [-0.2, -0.15) is 0 Å². The van der Waals surface area contributed by atoms with Gasteiger partial charge in [0.15, 0.2) is 5.82 Å². The van der Waals surface area contributed by atoms with Gasteiger partial charge in [0, 0.05) is 16.1 Å². The second kappa shape index (κ2) is 3.63. The van der Waals surface area contributed by atoms with Crippen molar-refractivity contribution in [2.75, 3.05) is 0 Å². The number of nitrogens with zero attached hydrogens (tertiary/aromatic N) is 1. The summed E-state index contributed by atoms with van der Waals surface area (Å²) in [6.07, 6.45) is 1.47. The lowest BCUT2D eigenvalue weighted by atomic mass is 10.1. The van der Waals surface area contributed by atoms with Crippen molar-refractivity contribution in [3.8, 4) is 0 Å². The normalized spacial score (nSPS) is 10.8. The van der Waals surface area contributed by atoms with Gasteiger partial charge in [-0.15, -0.1) is 0 Å². The van der Waals surface area contributed by atoms with Crippen LogP contribution in [0.25, 0.3) is 10.9 Å². The van der Waals surface area contributed by atoms with Crippen molar-refractivity contribution >= 4 is 26.8 Å². The van der Waals surface area contributed by atoms with Gasteiger partial charge in [-0.3, -0.25) is 4.98 Å². The molecule has 0 amide bonds. The maximum absolute atomic E-state index is 13.3. The predicted octanol–water partition coefficient (Wildman–Crippen LogP) is 2.63. The van der Waals surface area contributed by atoms with E-state index in [0.717, 1.165) is 0 Å². The molecule has 4 heteroatoms. The van der Waals surface area contributed by atoms with Crippen LogP contribution < -0.4 is 0 Å². The Morgan fingerprint density at radius 1 is 1.36 bits per heavy atom. The molecule has 0 saturated heterocycles. The van der Waals surface area contributed by atoms with E-state index < -0.39 is 0 Å². The van der Waals surface area contributed by atoms with Gasteiger partial charge in [-0.25, -0.2) is 4.39 Å². The number of hydrogen-bond acceptors (Lipinski definition) is 2. The van der Waals surface area contributed by atoms with E-state index in [4.69, 9.17) is 5.11 Å². The Bertz CT molecular complexity index is 487. The number of aliphatic hydroxyl groups is 1. The highest BCUT2D eigenvalue weighted by atomic mass is 79.9. The van der Waals surface area contributed by atoms with Gasteiger partial charge in [-0.05, 0) is 23.8 Å². The summed E-state index contributed by atoms with van der Waals surface area (Å²) in [6, 6.07) is 4.86. The molecule has 0 unspecified atom stereocenters. The smallest absolute Gasteiger partial charge is 0.150 e. The van der Waals surface area contributed by atoms with Crippen LogP contribution in [0.15, 0.2) is 28.9 Å². The Labute approximate surface area is 88.5 Å². The zero-order valence-electron chi connectivity index (χ0n) is 7.17. The monoisotopic (exact) mass is 255 g/mol. The largest absolute Gasteiger partial charge is 0.392 e. The average molecular weight is 256 g/mol. The van der Waals surface area contributed by atoms with Crippen LogP contribution >= 0.6 is 15.9 Å². The van der Waals surface area contributed by atoms with Crippen molar-refractivity contribution in [1.82, 2.24) is 4.98 Å². The lowest BCUT2D eigenvalue weighted by Crippen LogP contribution is -1.89. The van der Waals surface area contributed by atoms with Gasteiger partial charge in [0.2, 0.25) is 0 Å². The molecular weight excluding hydrogens is 249 g/mol. The predicted molar refractivity (Wildman–Crippen MR) is 55.3 cm³/mol. The molecule has 0 saturated carbocycles. The maximum Gasteiger partial charge on any atom is 0.150 e. The molecule has 72 valence electrons. The summed E-state index contributed by atoms with van der Waals surface area (Å²) in [7, 11) is 0. The highest BCUT2D eigenvalue weighted by molar-refractivity contribution is 9.10. The van der Waals surface area contributed by atoms with E-state index in [1.807, 2.05) is 0 Å². The van der Waals surface area contributed by atoms with E-state index in [0.29, 0.717) is 20.9 Å². The fourth-order valence-electron chi connectivity index (χ4n) is 1.30. The van der Waals surface area contributed by atoms with Crippen molar-refractivity contribution < 1.29 is 9.50 Å². The van der Waals surface area contributed by atoms with Crippen LogP contribution in [0.1, 0.15) is 5.56 Å². The molecule has 0 bridgehead atoms. The van der Waals surface area contributed by atoms with Crippen LogP contribution in [0.5, 0.6) is 0 Å². The number of fused-ring (bicyclic) bond motifs is 1. The van der Waals surface area contributed by atoms with Gasteiger partial charge in [0.25, 0.3) is 0 Å². The topological polar surface area (TPSA) is 33.1 Å². The first-order valence-electron chi connectivity index (χ1n) is 4.05.